The number of aryl methyl sites for hydroxylation is 2. The maximum Gasteiger partial charge on any atom is 0.227 e. The van der Waals surface area contributed by atoms with Crippen LogP contribution >= 0.6 is 0 Å². The van der Waals surface area contributed by atoms with Crippen LogP contribution in [0.5, 0.6) is 0 Å². The molecule has 31 heavy (non-hydrogen) atoms. The standard InChI is InChI=1S/C24H29N5O2/c30-23(10-9-22-26-24(27-31-22)21-11-13-25-14-12-21)29-17-5-16-28(18-19-29)15-4-8-20-6-2-1-3-7-20/h1-3,6-7,11-14H,4-5,8-10,15-19H2. The molecule has 0 aliphatic carbocycles. The third-order valence-corrected chi connectivity index (χ3v) is 5.68. The number of hydrogen-bond donors (Lipinski definition) is 0. The lowest BCUT2D eigenvalue weighted by Gasteiger charge is -2.22. The average Bonchev–Trinajstić information content (AvgIpc) is 3.17. The maximum absolute atomic E-state index is 12.7. The first-order valence-electron chi connectivity index (χ1n) is 11.0. The third kappa shape index (κ3) is 6.21. The van der Waals surface area contributed by atoms with Gasteiger partial charge < -0.3 is 14.3 Å². The molecule has 3 aromatic rings. The highest BCUT2D eigenvalue weighted by atomic mass is 16.5. The molecule has 1 saturated heterocycles. The number of pyridine rings is 1. The summed E-state index contributed by atoms with van der Waals surface area (Å²) in [6, 6.07) is 14.3. The smallest absolute Gasteiger partial charge is 0.227 e. The summed E-state index contributed by atoms with van der Waals surface area (Å²) >= 11 is 0. The van der Waals surface area contributed by atoms with Crippen molar-refractivity contribution in [3.8, 4) is 11.4 Å². The van der Waals surface area contributed by atoms with Crippen molar-refractivity contribution in [1.29, 1.82) is 0 Å². The molecule has 0 bridgehead atoms. The molecule has 0 spiro atoms. The number of nitrogens with zero attached hydrogens (tertiary/aromatic N) is 5. The fourth-order valence-electron chi connectivity index (χ4n) is 3.94. The van der Waals surface area contributed by atoms with E-state index in [1.807, 2.05) is 17.0 Å². The largest absolute Gasteiger partial charge is 0.341 e. The number of benzene rings is 1. The van der Waals surface area contributed by atoms with Crippen LogP contribution in [0.3, 0.4) is 0 Å². The van der Waals surface area contributed by atoms with E-state index in [9.17, 15) is 4.79 Å². The Morgan fingerprint density at radius 1 is 0.968 bits per heavy atom. The molecule has 0 unspecified atom stereocenters. The lowest BCUT2D eigenvalue weighted by atomic mass is 10.1. The summed E-state index contributed by atoms with van der Waals surface area (Å²) in [5.74, 6) is 1.19. The zero-order valence-corrected chi connectivity index (χ0v) is 17.8. The molecule has 2 aromatic heterocycles. The minimum Gasteiger partial charge on any atom is -0.341 e. The fraction of sp³-hybridized carbons (Fsp3) is 0.417. The van der Waals surface area contributed by atoms with Crippen molar-refractivity contribution in [3.63, 3.8) is 0 Å². The van der Waals surface area contributed by atoms with E-state index in [1.54, 1.807) is 12.4 Å². The molecule has 162 valence electrons. The predicted molar refractivity (Wildman–Crippen MR) is 118 cm³/mol. The van der Waals surface area contributed by atoms with Crippen molar-refractivity contribution in [3.05, 3.63) is 66.3 Å². The van der Waals surface area contributed by atoms with Crippen molar-refractivity contribution in [2.45, 2.75) is 32.1 Å². The monoisotopic (exact) mass is 419 g/mol. The van der Waals surface area contributed by atoms with Crippen molar-refractivity contribution >= 4 is 5.91 Å². The van der Waals surface area contributed by atoms with E-state index in [0.29, 0.717) is 24.6 Å². The predicted octanol–water partition coefficient (Wildman–Crippen LogP) is 3.23. The summed E-state index contributed by atoms with van der Waals surface area (Å²) in [4.78, 5) is 25.6. The normalized spacial score (nSPS) is 15.0. The van der Waals surface area contributed by atoms with Gasteiger partial charge in [0.25, 0.3) is 0 Å². The zero-order valence-electron chi connectivity index (χ0n) is 17.8. The van der Waals surface area contributed by atoms with Gasteiger partial charge in [0.1, 0.15) is 0 Å². The second kappa shape index (κ2) is 10.8. The van der Waals surface area contributed by atoms with Gasteiger partial charge in [-0.05, 0) is 50.0 Å². The van der Waals surface area contributed by atoms with E-state index >= 15 is 0 Å². The van der Waals surface area contributed by atoms with Gasteiger partial charge in [-0.15, -0.1) is 0 Å². The number of carbonyl (C=O) groups excluding carboxylic acids is 1. The molecule has 1 aliphatic rings. The minimum absolute atomic E-state index is 0.162. The Morgan fingerprint density at radius 3 is 2.65 bits per heavy atom. The van der Waals surface area contributed by atoms with Gasteiger partial charge in [0.2, 0.25) is 17.6 Å². The molecule has 3 heterocycles. The first kappa shape index (κ1) is 21.2. The van der Waals surface area contributed by atoms with Crippen LogP contribution < -0.4 is 0 Å². The van der Waals surface area contributed by atoms with Gasteiger partial charge in [-0.1, -0.05) is 35.5 Å². The highest BCUT2D eigenvalue weighted by Gasteiger charge is 2.20. The average molecular weight is 420 g/mol. The van der Waals surface area contributed by atoms with Gasteiger partial charge in [0, 0.05) is 50.4 Å². The Bertz CT molecular complexity index is 945. The summed E-state index contributed by atoms with van der Waals surface area (Å²) in [6.07, 6.45) is 7.52. The summed E-state index contributed by atoms with van der Waals surface area (Å²) < 4.78 is 5.32. The van der Waals surface area contributed by atoms with E-state index in [0.717, 1.165) is 57.5 Å². The second-order valence-corrected chi connectivity index (χ2v) is 7.91. The van der Waals surface area contributed by atoms with Gasteiger partial charge in [-0.25, -0.2) is 0 Å². The van der Waals surface area contributed by atoms with Crippen molar-refractivity contribution < 1.29 is 9.32 Å². The van der Waals surface area contributed by atoms with E-state index in [-0.39, 0.29) is 5.91 Å². The van der Waals surface area contributed by atoms with Crippen LogP contribution in [0.25, 0.3) is 11.4 Å². The third-order valence-electron chi connectivity index (χ3n) is 5.68. The second-order valence-electron chi connectivity index (χ2n) is 7.91. The van der Waals surface area contributed by atoms with Crippen LogP contribution in [0.2, 0.25) is 0 Å². The topological polar surface area (TPSA) is 75.4 Å². The van der Waals surface area contributed by atoms with Crippen LogP contribution in [0.1, 0.15) is 30.7 Å². The number of hydrogen-bond acceptors (Lipinski definition) is 6. The van der Waals surface area contributed by atoms with E-state index < -0.39 is 0 Å². The molecule has 1 amide bonds. The summed E-state index contributed by atoms with van der Waals surface area (Å²) in [7, 11) is 0. The van der Waals surface area contributed by atoms with Gasteiger partial charge in [-0.3, -0.25) is 9.78 Å². The summed E-state index contributed by atoms with van der Waals surface area (Å²) in [6.45, 7) is 4.68. The highest BCUT2D eigenvalue weighted by molar-refractivity contribution is 5.76. The van der Waals surface area contributed by atoms with Crippen LogP contribution in [0.15, 0.2) is 59.4 Å². The Labute approximate surface area is 183 Å². The van der Waals surface area contributed by atoms with Crippen LogP contribution in [-0.4, -0.2) is 63.6 Å². The van der Waals surface area contributed by atoms with Gasteiger partial charge in [-0.2, -0.15) is 4.98 Å². The lowest BCUT2D eigenvalue weighted by Crippen LogP contribution is -2.35. The SMILES string of the molecule is O=C(CCc1nc(-c2ccncc2)no1)N1CCCN(CCCc2ccccc2)CC1. The molecule has 7 nitrogen and oxygen atoms in total. The minimum atomic E-state index is 0.162. The molecule has 0 atom stereocenters. The summed E-state index contributed by atoms with van der Waals surface area (Å²) in [5.41, 5.74) is 2.25. The number of carbonyl (C=O) groups is 1. The highest BCUT2D eigenvalue weighted by Crippen LogP contribution is 2.15. The van der Waals surface area contributed by atoms with E-state index in [2.05, 4.69) is 50.4 Å². The van der Waals surface area contributed by atoms with E-state index in [4.69, 9.17) is 4.52 Å². The van der Waals surface area contributed by atoms with Gasteiger partial charge in [0.15, 0.2) is 0 Å². The van der Waals surface area contributed by atoms with Gasteiger partial charge >= 0.3 is 0 Å². The lowest BCUT2D eigenvalue weighted by molar-refractivity contribution is -0.131. The number of aromatic nitrogens is 3. The van der Waals surface area contributed by atoms with E-state index in [1.165, 1.54) is 5.56 Å². The fourth-order valence-corrected chi connectivity index (χ4v) is 3.94. The van der Waals surface area contributed by atoms with Crippen molar-refractivity contribution in [2.24, 2.45) is 0 Å². The molecular weight excluding hydrogens is 390 g/mol. The first-order chi connectivity index (χ1) is 15.3. The Hall–Kier alpha value is -3.06. The molecular formula is C24H29N5O2. The number of rotatable bonds is 8. The Morgan fingerprint density at radius 2 is 1.81 bits per heavy atom. The maximum atomic E-state index is 12.7. The molecule has 7 heteroatoms. The van der Waals surface area contributed by atoms with Crippen LogP contribution in [0, 0.1) is 0 Å². The summed E-state index contributed by atoms with van der Waals surface area (Å²) in [5, 5.41) is 4.01. The van der Waals surface area contributed by atoms with Gasteiger partial charge in [0.05, 0.1) is 0 Å². The molecule has 1 aromatic carbocycles. The van der Waals surface area contributed by atoms with Crippen molar-refractivity contribution in [2.75, 3.05) is 32.7 Å². The Kier molecular flexibility index (Phi) is 7.39. The molecule has 0 N–H and O–H groups in total. The molecule has 1 fully saturated rings. The van der Waals surface area contributed by atoms with Crippen molar-refractivity contribution in [1.82, 2.24) is 24.9 Å². The zero-order chi connectivity index (χ0) is 21.3. The molecule has 4 rings (SSSR count). The van der Waals surface area contributed by atoms with Crippen LogP contribution in [-0.2, 0) is 17.6 Å². The first-order valence-corrected chi connectivity index (χ1v) is 11.0. The molecule has 1 aliphatic heterocycles. The van der Waals surface area contributed by atoms with Crippen LogP contribution in [0.4, 0.5) is 0 Å². The Balaban J connectivity index is 1.19. The quantitative estimate of drug-likeness (QED) is 0.558. The number of amides is 1. The molecule has 0 radical (unpaired) electrons. The molecule has 0 saturated carbocycles.